The van der Waals surface area contributed by atoms with Crippen LogP contribution in [0.25, 0.3) is 0 Å². The van der Waals surface area contributed by atoms with Gasteiger partial charge in [0.1, 0.15) is 5.01 Å². The predicted octanol–water partition coefficient (Wildman–Crippen LogP) is 2.90. The molecule has 3 rings (SSSR count). The van der Waals surface area contributed by atoms with E-state index in [1.807, 2.05) is 5.38 Å². The number of morpholine rings is 1. The zero-order valence-electron chi connectivity index (χ0n) is 13.6. The molecule has 1 aromatic carbocycles. The fourth-order valence-electron chi connectivity index (χ4n) is 2.60. The third kappa shape index (κ3) is 4.54. The number of aromatic nitrogens is 1. The van der Waals surface area contributed by atoms with Crippen LogP contribution < -0.4 is 0 Å². The maximum Gasteiger partial charge on any atom is 0.253 e. The first kappa shape index (κ1) is 17.4. The summed E-state index contributed by atoms with van der Waals surface area (Å²) >= 11 is 7.60. The zero-order valence-corrected chi connectivity index (χ0v) is 15.1. The van der Waals surface area contributed by atoms with Gasteiger partial charge in [0.2, 0.25) is 0 Å². The molecule has 0 unspecified atom stereocenters. The number of hydrogen-bond donors (Lipinski definition) is 0. The Balaban J connectivity index is 1.58. The molecule has 0 bridgehead atoms. The van der Waals surface area contributed by atoms with Crippen LogP contribution >= 0.6 is 22.9 Å². The van der Waals surface area contributed by atoms with Gasteiger partial charge in [-0.15, -0.1) is 11.3 Å². The van der Waals surface area contributed by atoms with Gasteiger partial charge in [-0.25, -0.2) is 4.98 Å². The maximum absolute atomic E-state index is 12.4. The van der Waals surface area contributed by atoms with Crippen molar-refractivity contribution in [1.29, 1.82) is 0 Å². The van der Waals surface area contributed by atoms with Crippen molar-refractivity contribution in [3.8, 4) is 0 Å². The number of nitrogens with zero attached hydrogens (tertiary/aromatic N) is 3. The van der Waals surface area contributed by atoms with Crippen molar-refractivity contribution in [2.75, 3.05) is 33.4 Å². The lowest BCUT2D eigenvalue weighted by Gasteiger charge is -2.25. The summed E-state index contributed by atoms with van der Waals surface area (Å²) in [5.41, 5.74) is 1.51. The smallest absolute Gasteiger partial charge is 0.253 e. The largest absolute Gasteiger partial charge is 0.379 e. The molecule has 1 aliphatic heterocycles. The van der Waals surface area contributed by atoms with E-state index < -0.39 is 0 Å². The number of hydrogen-bond acceptors (Lipinski definition) is 5. The molecular formula is C17H20ClN3O2S. The minimum atomic E-state index is -0.0553. The molecule has 0 spiro atoms. The summed E-state index contributed by atoms with van der Waals surface area (Å²) in [6.45, 7) is 4.80. The second-order valence-electron chi connectivity index (χ2n) is 5.79. The number of thiazole rings is 1. The van der Waals surface area contributed by atoms with Crippen LogP contribution in [0.3, 0.4) is 0 Å². The maximum atomic E-state index is 12.4. The second kappa shape index (κ2) is 8.07. The highest BCUT2D eigenvalue weighted by Crippen LogP contribution is 2.17. The van der Waals surface area contributed by atoms with Crippen molar-refractivity contribution < 1.29 is 9.53 Å². The number of carbonyl (C=O) groups is 1. The van der Waals surface area contributed by atoms with Crippen molar-refractivity contribution in [1.82, 2.24) is 14.8 Å². The van der Waals surface area contributed by atoms with Gasteiger partial charge >= 0.3 is 0 Å². The molecule has 1 amide bonds. The monoisotopic (exact) mass is 365 g/mol. The van der Waals surface area contributed by atoms with E-state index in [4.69, 9.17) is 16.3 Å². The van der Waals surface area contributed by atoms with Crippen molar-refractivity contribution in [3.05, 3.63) is 50.9 Å². The summed E-state index contributed by atoms with van der Waals surface area (Å²) < 4.78 is 5.36. The third-order valence-electron chi connectivity index (χ3n) is 3.88. The summed E-state index contributed by atoms with van der Waals surface area (Å²) in [6, 6.07) is 7.00. The quantitative estimate of drug-likeness (QED) is 0.817. The number of rotatable bonds is 5. The van der Waals surface area contributed by atoms with Crippen LogP contribution in [0, 0.1) is 0 Å². The first-order valence-corrected chi connectivity index (χ1v) is 9.12. The fourth-order valence-corrected chi connectivity index (χ4v) is 3.62. The summed E-state index contributed by atoms with van der Waals surface area (Å²) in [5, 5.41) is 3.67. The minimum absolute atomic E-state index is 0.0553. The van der Waals surface area contributed by atoms with Crippen LogP contribution in [-0.2, 0) is 17.8 Å². The molecular weight excluding hydrogens is 346 g/mol. The standard InChI is InChI=1S/C17H20ClN3O2S/c1-20(17(22)13-3-2-4-14(18)9-13)10-15-12-24-16(19-15)11-21-5-7-23-8-6-21/h2-4,9,12H,5-8,10-11H2,1H3. The van der Waals surface area contributed by atoms with Gasteiger partial charge in [0.25, 0.3) is 5.91 Å². The molecule has 0 radical (unpaired) electrons. The van der Waals surface area contributed by atoms with Crippen LogP contribution in [0.5, 0.6) is 0 Å². The third-order valence-corrected chi connectivity index (χ3v) is 5.00. The Bertz CT molecular complexity index is 701. The van der Waals surface area contributed by atoms with Crippen LogP contribution in [0.4, 0.5) is 0 Å². The van der Waals surface area contributed by atoms with E-state index in [9.17, 15) is 4.79 Å². The molecule has 1 fully saturated rings. The van der Waals surface area contributed by atoms with Crippen LogP contribution in [-0.4, -0.2) is 54.0 Å². The number of ether oxygens (including phenoxy) is 1. The summed E-state index contributed by atoms with van der Waals surface area (Å²) in [6.07, 6.45) is 0. The van der Waals surface area contributed by atoms with E-state index in [2.05, 4.69) is 9.88 Å². The van der Waals surface area contributed by atoms with E-state index in [-0.39, 0.29) is 5.91 Å². The SMILES string of the molecule is CN(Cc1csc(CN2CCOCC2)n1)C(=O)c1cccc(Cl)c1. The van der Waals surface area contributed by atoms with Gasteiger partial charge < -0.3 is 9.64 Å². The molecule has 0 aliphatic carbocycles. The Morgan fingerprint density at radius 2 is 2.21 bits per heavy atom. The fraction of sp³-hybridized carbons (Fsp3) is 0.412. The highest BCUT2D eigenvalue weighted by molar-refractivity contribution is 7.09. The summed E-state index contributed by atoms with van der Waals surface area (Å²) in [7, 11) is 1.78. The van der Waals surface area contributed by atoms with E-state index in [1.54, 1.807) is 47.5 Å². The molecule has 24 heavy (non-hydrogen) atoms. The first-order chi connectivity index (χ1) is 11.6. The van der Waals surface area contributed by atoms with Crippen LogP contribution in [0.15, 0.2) is 29.6 Å². The number of benzene rings is 1. The molecule has 128 valence electrons. The molecule has 0 atom stereocenters. The van der Waals surface area contributed by atoms with Gasteiger partial charge in [0.15, 0.2) is 0 Å². The molecule has 1 saturated heterocycles. The number of carbonyl (C=O) groups excluding carboxylic acids is 1. The van der Waals surface area contributed by atoms with E-state index in [0.29, 0.717) is 17.1 Å². The lowest BCUT2D eigenvalue weighted by Crippen LogP contribution is -2.35. The van der Waals surface area contributed by atoms with Gasteiger partial charge in [0, 0.05) is 36.1 Å². The molecule has 2 heterocycles. The Morgan fingerprint density at radius 1 is 1.42 bits per heavy atom. The average molecular weight is 366 g/mol. The van der Waals surface area contributed by atoms with Crippen molar-refractivity contribution in [2.24, 2.45) is 0 Å². The summed E-state index contributed by atoms with van der Waals surface area (Å²) in [5.74, 6) is -0.0553. The number of amides is 1. The average Bonchev–Trinajstić information content (AvgIpc) is 3.02. The second-order valence-corrected chi connectivity index (χ2v) is 7.17. The van der Waals surface area contributed by atoms with Crippen LogP contribution in [0.1, 0.15) is 21.1 Å². The van der Waals surface area contributed by atoms with Crippen LogP contribution in [0.2, 0.25) is 5.02 Å². The molecule has 0 N–H and O–H groups in total. The highest BCUT2D eigenvalue weighted by Gasteiger charge is 2.16. The van der Waals surface area contributed by atoms with Crippen molar-refractivity contribution >= 4 is 28.8 Å². The van der Waals surface area contributed by atoms with E-state index in [1.165, 1.54) is 0 Å². The zero-order chi connectivity index (χ0) is 16.9. The molecule has 0 saturated carbocycles. The molecule has 5 nitrogen and oxygen atoms in total. The van der Waals surface area contributed by atoms with Gasteiger partial charge in [-0.3, -0.25) is 9.69 Å². The normalized spacial score (nSPS) is 15.4. The Labute approximate surface area is 150 Å². The Kier molecular flexibility index (Phi) is 5.84. The topological polar surface area (TPSA) is 45.7 Å². The lowest BCUT2D eigenvalue weighted by molar-refractivity contribution is 0.0341. The van der Waals surface area contributed by atoms with Crippen molar-refractivity contribution in [2.45, 2.75) is 13.1 Å². The molecule has 2 aromatic rings. The van der Waals surface area contributed by atoms with Crippen molar-refractivity contribution in [3.63, 3.8) is 0 Å². The highest BCUT2D eigenvalue weighted by atomic mass is 35.5. The Morgan fingerprint density at radius 3 is 2.96 bits per heavy atom. The molecule has 7 heteroatoms. The van der Waals surface area contributed by atoms with E-state index >= 15 is 0 Å². The van der Waals surface area contributed by atoms with Gasteiger partial charge in [0.05, 0.1) is 32.0 Å². The Hall–Kier alpha value is -1.47. The minimum Gasteiger partial charge on any atom is -0.379 e. The molecule has 1 aromatic heterocycles. The number of halogens is 1. The molecule has 1 aliphatic rings. The lowest BCUT2D eigenvalue weighted by atomic mass is 10.2. The van der Waals surface area contributed by atoms with Gasteiger partial charge in [-0.2, -0.15) is 0 Å². The predicted molar refractivity (Wildman–Crippen MR) is 95.5 cm³/mol. The van der Waals surface area contributed by atoms with Gasteiger partial charge in [-0.1, -0.05) is 17.7 Å². The first-order valence-electron chi connectivity index (χ1n) is 7.86. The van der Waals surface area contributed by atoms with E-state index in [0.717, 1.165) is 43.5 Å². The van der Waals surface area contributed by atoms with Gasteiger partial charge in [-0.05, 0) is 18.2 Å². The summed E-state index contributed by atoms with van der Waals surface area (Å²) in [4.78, 5) is 21.1.